The summed E-state index contributed by atoms with van der Waals surface area (Å²) in [6, 6.07) is 13.7. The molecular weight excluding hydrogens is 359 g/mol. The van der Waals surface area contributed by atoms with Gasteiger partial charge in [0.05, 0.1) is 0 Å². The predicted molar refractivity (Wildman–Crippen MR) is 108 cm³/mol. The Morgan fingerprint density at radius 3 is 2.14 bits per heavy atom. The molecule has 0 aliphatic carbocycles. The Bertz CT molecular complexity index is 817. The molecule has 148 valence electrons. The number of halogens is 1. The van der Waals surface area contributed by atoms with Crippen LogP contribution in [0.2, 0.25) is 0 Å². The minimum atomic E-state index is -0.162. The van der Waals surface area contributed by atoms with Crippen molar-refractivity contribution in [1.29, 1.82) is 0 Å². The molecule has 2 N–H and O–H groups in total. The first kappa shape index (κ1) is 19.8. The number of carbonyl (C=O) groups is 2. The maximum atomic E-state index is 13.7. The molecule has 3 amide bonds. The zero-order valence-corrected chi connectivity index (χ0v) is 16.0. The maximum absolute atomic E-state index is 13.7. The Morgan fingerprint density at radius 1 is 0.929 bits per heavy atom. The summed E-state index contributed by atoms with van der Waals surface area (Å²) in [6.07, 6.45) is 0.666. The summed E-state index contributed by atoms with van der Waals surface area (Å²) in [6.45, 7) is 5.03. The fourth-order valence-electron chi connectivity index (χ4n) is 3.20. The molecule has 7 heteroatoms. The third-order valence-electron chi connectivity index (χ3n) is 4.77. The summed E-state index contributed by atoms with van der Waals surface area (Å²) in [4.78, 5) is 27.5. The van der Waals surface area contributed by atoms with Crippen LogP contribution in [0.1, 0.15) is 12.5 Å². The van der Waals surface area contributed by atoms with Gasteiger partial charge >= 0.3 is 6.03 Å². The standard InChI is InChI=1S/C21H25FN4O2/c1-16(27)23-18-6-8-19(9-7-18)24-21(28)26-14-12-25(13-15-26)11-10-17-4-2-3-5-20(17)22/h2-9H,10-15H2,1H3,(H,23,27)(H,24,28). The van der Waals surface area contributed by atoms with Crippen molar-refractivity contribution in [2.45, 2.75) is 13.3 Å². The molecule has 6 nitrogen and oxygen atoms in total. The van der Waals surface area contributed by atoms with Crippen molar-refractivity contribution in [3.8, 4) is 0 Å². The lowest BCUT2D eigenvalue weighted by Crippen LogP contribution is -2.50. The third kappa shape index (κ3) is 5.53. The van der Waals surface area contributed by atoms with Crippen LogP contribution in [0.15, 0.2) is 48.5 Å². The Labute approximate surface area is 164 Å². The first-order valence-corrected chi connectivity index (χ1v) is 9.40. The van der Waals surface area contributed by atoms with Gasteiger partial charge in [-0.3, -0.25) is 9.69 Å². The highest BCUT2D eigenvalue weighted by Crippen LogP contribution is 2.15. The quantitative estimate of drug-likeness (QED) is 0.832. The summed E-state index contributed by atoms with van der Waals surface area (Å²) < 4.78 is 13.7. The fraction of sp³-hybridized carbons (Fsp3) is 0.333. The van der Waals surface area contributed by atoms with Crippen molar-refractivity contribution in [2.75, 3.05) is 43.4 Å². The van der Waals surface area contributed by atoms with Crippen LogP contribution in [0.5, 0.6) is 0 Å². The molecule has 1 fully saturated rings. The number of hydrogen-bond donors (Lipinski definition) is 2. The smallest absolute Gasteiger partial charge is 0.321 e. The predicted octanol–water partition coefficient (Wildman–Crippen LogP) is 3.18. The summed E-state index contributed by atoms with van der Waals surface area (Å²) in [7, 11) is 0. The van der Waals surface area contributed by atoms with E-state index in [1.54, 1.807) is 35.2 Å². The van der Waals surface area contributed by atoms with Crippen molar-refractivity contribution in [1.82, 2.24) is 9.80 Å². The summed E-state index contributed by atoms with van der Waals surface area (Å²) in [5.41, 5.74) is 2.10. The Balaban J connectivity index is 1.43. The average Bonchev–Trinajstić information content (AvgIpc) is 2.69. The molecule has 3 rings (SSSR count). The minimum Gasteiger partial charge on any atom is -0.326 e. The van der Waals surface area contributed by atoms with Gasteiger partial charge in [0.15, 0.2) is 0 Å². The van der Waals surface area contributed by atoms with Gasteiger partial charge in [0.2, 0.25) is 5.91 Å². The highest BCUT2D eigenvalue weighted by molar-refractivity contribution is 5.91. The number of nitrogens with zero attached hydrogens (tertiary/aromatic N) is 2. The molecule has 1 aliphatic heterocycles. The zero-order chi connectivity index (χ0) is 19.9. The van der Waals surface area contributed by atoms with Crippen LogP contribution < -0.4 is 10.6 Å². The van der Waals surface area contributed by atoms with Crippen LogP contribution in [0.25, 0.3) is 0 Å². The molecule has 0 saturated carbocycles. The first-order chi connectivity index (χ1) is 13.5. The van der Waals surface area contributed by atoms with Crippen molar-refractivity contribution < 1.29 is 14.0 Å². The lowest BCUT2D eigenvalue weighted by atomic mass is 10.1. The molecule has 0 aromatic heterocycles. The van der Waals surface area contributed by atoms with Crippen LogP contribution in [-0.2, 0) is 11.2 Å². The van der Waals surface area contributed by atoms with E-state index in [0.29, 0.717) is 30.9 Å². The van der Waals surface area contributed by atoms with E-state index < -0.39 is 0 Å². The largest absolute Gasteiger partial charge is 0.326 e. The number of carbonyl (C=O) groups excluding carboxylic acids is 2. The van der Waals surface area contributed by atoms with Crippen molar-refractivity contribution >= 4 is 23.3 Å². The Morgan fingerprint density at radius 2 is 1.54 bits per heavy atom. The minimum absolute atomic E-state index is 0.135. The normalized spacial score (nSPS) is 14.6. The Kier molecular flexibility index (Phi) is 6.60. The summed E-state index contributed by atoms with van der Waals surface area (Å²) in [5.74, 6) is -0.297. The number of rotatable bonds is 5. The third-order valence-corrected chi connectivity index (χ3v) is 4.77. The monoisotopic (exact) mass is 384 g/mol. The van der Waals surface area contributed by atoms with Gasteiger partial charge in [-0.2, -0.15) is 0 Å². The molecule has 0 bridgehead atoms. The molecule has 0 unspecified atom stereocenters. The fourth-order valence-corrected chi connectivity index (χ4v) is 3.20. The van der Waals surface area contributed by atoms with Crippen LogP contribution in [-0.4, -0.2) is 54.5 Å². The van der Waals surface area contributed by atoms with Gasteiger partial charge in [0, 0.05) is 51.0 Å². The topological polar surface area (TPSA) is 64.7 Å². The van der Waals surface area contributed by atoms with Crippen LogP contribution in [0, 0.1) is 5.82 Å². The molecule has 1 saturated heterocycles. The summed E-state index contributed by atoms with van der Waals surface area (Å²) in [5, 5.41) is 5.57. The Hall–Kier alpha value is -2.93. The van der Waals surface area contributed by atoms with Crippen LogP contribution in [0.4, 0.5) is 20.6 Å². The number of nitrogens with one attached hydrogen (secondary N) is 2. The second kappa shape index (κ2) is 9.32. The number of anilines is 2. The molecule has 0 radical (unpaired) electrons. The zero-order valence-electron chi connectivity index (χ0n) is 16.0. The van der Waals surface area contributed by atoms with Gasteiger partial charge in [-0.25, -0.2) is 9.18 Å². The molecule has 1 heterocycles. The van der Waals surface area contributed by atoms with Crippen molar-refractivity contribution in [3.05, 3.63) is 59.9 Å². The van der Waals surface area contributed by atoms with Crippen molar-refractivity contribution in [2.24, 2.45) is 0 Å². The molecule has 28 heavy (non-hydrogen) atoms. The van der Waals surface area contributed by atoms with E-state index in [1.807, 2.05) is 12.1 Å². The van der Waals surface area contributed by atoms with Crippen molar-refractivity contribution in [3.63, 3.8) is 0 Å². The maximum Gasteiger partial charge on any atom is 0.321 e. The van der Waals surface area contributed by atoms with E-state index >= 15 is 0 Å². The van der Waals surface area contributed by atoms with E-state index in [-0.39, 0.29) is 17.8 Å². The van der Waals surface area contributed by atoms with Gasteiger partial charge in [0.25, 0.3) is 0 Å². The van der Waals surface area contributed by atoms with Gasteiger partial charge < -0.3 is 15.5 Å². The average molecular weight is 384 g/mol. The van der Waals surface area contributed by atoms with Gasteiger partial charge in [-0.1, -0.05) is 18.2 Å². The number of piperazine rings is 1. The van der Waals surface area contributed by atoms with E-state index in [2.05, 4.69) is 15.5 Å². The lowest BCUT2D eigenvalue weighted by Gasteiger charge is -2.34. The number of amides is 3. The van der Waals surface area contributed by atoms with Gasteiger partial charge in [-0.05, 0) is 42.3 Å². The molecule has 2 aromatic rings. The van der Waals surface area contributed by atoms with E-state index in [9.17, 15) is 14.0 Å². The second-order valence-corrected chi connectivity index (χ2v) is 6.86. The number of benzene rings is 2. The highest BCUT2D eigenvalue weighted by atomic mass is 19.1. The van der Waals surface area contributed by atoms with E-state index in [1.165, 1.54) is 13.0 Å². The molecular formula is C21H25FN4O2. The molecule has 2 aromatic carbocycles. The van der Waals surface area contributed by atoms with Crippen LogP contribution >= 0.6 is 0 Å². The second-order valence-electron chi connectivity index (χ2n) is 6.86. The van der Waals surface area contributed by atoms with Crippen LogP contribution in [0.3, 0.4) is 0 Å². The number of urea groups is 1. The summed E-state index contributed by atoms with van der Waals surface area (Å²) >= 11 is 0. The first-order valence-electron chi connectivity index (χ1n) is 9.40. The van der Waals surface area contributed by atoms with Gasteiger partial charge in [-0.15, -0.1) is 0 Å². The lowest BCUT2D eigenvalue weighted by molar-refractivity contribution is -0.114. The number of hydrogen-bond acceptors (Lipinski definition) is 3. The van der Waals surface area contributed by atoms with E-state index in [0.717, 1.165) is 25.2 Å². The highest BCUT2D eigenvalue weighted by Gasteiger charge is 2.21. The molecule has 0 spiro atoms. The molecule has 1 aliphatic rings. The SMILES string of the molecule is CC(=O)Nc1ccc(NC(=O)N2CCN(CCc3ccccc3F)CC2)cc1. The molecule has 0 atom stereocenters. The van der Waals surface area contributed by atoms with E-state index in [4.69, 9.17) is 0 Å². The van der Waals surface area contributed by atoms with Gasteiger partial charge in [0.1, 0.15) is 5.82 Å².